The molecule has 3 aromatic rings. The third-order valence-corrected chi connectivity index (χ3v) is 5.21. The molecule has 3 rings (SSSR count). The summed E-state index contributed by atoms with van der Waals surface area (Å²) in [4.78, 5) is 16.9. The van der Waals surface area contributed by atoms with E-state index in [1.54, 1.807) is 11.3 Å². The quantitative estimate of drug-likeness (QED) is 0.627. The number of rotatable bonds is 6. The van der Waals surface area contributed by atoms with Crippen LogP contribution < -0.4 is 5.32 Å². The summed E-state index contributed by atoms with van der Waals surface area (Å²) in [5, 5.41) is 8.64. The van der Waals surface area contributed by atoms with Crippen molar-refractivity contribution in [1.82, 2.24) is 14.8 Å². The van der Waals surface area contributed by atoms with E-state index >= 15 is 0 Å². The molecular weight excluding hydrogens is 344 g/mol. The monoisotopic (exact) mass is 370 g/mol. The number of para-hydroxylation sites is 1. The van der Waals surface area contributed by atoms with Crippen LogP contribution in [0.3, 0.4) is 0 Å². The fourth-order valence-electron chi connectivity index (χ4n) is 2.89. The van der Waals surface area contributed by atoms with Gasteiger partial charge in [0.1, 0.15) is 5.82 Å². The zero-order chi connectivity index (χ0) is 18.7. The van der Waals surface area contributed by atoms with E-state index in [1.807, 2.05) is 35.9 Å². The van der Waals surface area contributed by atoms with Crippen LogP contribution in [0, 0.1) is 6.92 Å². The number of anilines is 1. The van der Waals surface area contributed by atoms with Gasteiger partial charge in [-0.15, -0.1) is 11.3 Å². The maximum Gasteiger partial charge on any atom is 0.225 e. The van der Waals surface area contributed by atoms with E-state index in [-0.39, 0.29) is 11.4 Å². The molecular formula is C20H26N4OS. The van der Waals surface area contributed by atoms with Gasteiger partial charge < -0.3 is 5.32 Å². The van der Waals surface area contributed by atoms with E-state index in [0.717, 1.165) is 41.3 Å². The van der Waals surface area contributed by atoms with Crippen LogP contribution >= 0.6 is 11.3 Å². The van der Waals surface area contributed by atoms with Crippen molar-refractivity contribution < 1.29 is 4.79 Å². The highest BCUT2D eigenvalue weighted by atomic mass is 32.1. The summed E-state index contributed by atoms with van der Waals surface area (Å²) in [5.74, 6) is 0.811. The molecule has 0 saturated heterocycles. The Labute approximate surface area is 158 Å². The van der Waals surface area contributed by atoms with Crippen molar-refractivity contribution in [3.63, 3.8) is 0 Å². The smallest absolute Gasteiger partial charge is 0.225 e. The van der Waals surface area contributed by atoms with Gasteiger partial charge in [0.2, 0.25) is 5.91 Å². The number of nitrogens with zero attached hydrogens (tertiary/aromatic N) is 3. The lowest BCUT2D eigenvalue weighted by Gasteiger charge is -2.22. The topological polar surface area (TPSA) is 59.8 Å². The van der Waals surface area contributed by atoms with Gasteiger partial charge in [0, 0.05) is 12.5 Å². The first kappa shape index (κ1) is 18.6. The minimum absolute atomic E-state index is 0.0414. The SMILES string of the molecule is Cc1cc(NC(=O)CCCCc2nc3ccccc3s2)n(C(C)(C)C)n1. The van der Waals surface area contributed by atoms with Crippen LogP contribution in [-0.4, -0.2) is 20.7 Å². The van der Waals surface area contributed by atoms with E-state index in [9.17, 15) is 4.79 Å². The molecule has 2 heterocycles. The second-order valence-corrected chi connectivity index (χ2v) is 8.70. The number of amides is 1. The Morgan fingerprint density at radius 1 is 1.23 bits per heavy atom. The third kappa shape index (κ3) is 4.49. The zero-order valence-corrected chi connectivity index (χ0v) is 16.7. The number of carbonyl (C=O) groups is 1. The van der Waals surface area contributed by atoms with Gasteiger partial charge in [0.25, 0.3) is 0 Å². The number of hydrogen-bond donors (Lipinski definition) is 1. The van der Waals surface area contributed by atoms with Crippen LogP contribution in [-0.2, 0) is 16.8 Å². The fourth-order valence-corrected chi connectivity index (χ4v) is 3.90. The molecule has 0 aliphatic carbocycles. The lowest BCUT2D eigenvalue weighted by atomic mass is 10.1. The summed E-state index contributed by atoms with van der Waals surface area (Å²) in [6.07, 6.45) is 3.25. The average Bonchev–Trinajstić information content (AvgIpc) is 3.14. The summed E-state index contributed by atoms with van der Waals surface area (Å²) in [7, 11) is 0. The van der Waals surface area contributed by atoms with E-state index in [4.69, 9.17) is 0 Å². The molecule has 0 spiro atoms. The molecule has 0 saturated carbocycles. The molecule has 1 aromatic carbocycles. The molecule has 0 aliphatic rings. The number of unbranched alkanes of at least 4 members (excludes halogenated alkanes) is 1. The number of nitrogens with one attached hydrogen (secondary N) is 1. The van der Waals surface area contributed by atoms with Crippen molar-refractivity contribution in [2.24, 2.45) is 0 Å². The van der Waals surface area contributed by atoms with Gasteiger partial charge in [-0.1, -0.05) is 12.1 Å². The normalized spacial score (nSPS) is 11.8. The van der Waals surface area contributed by atoms with Gasteiger partial charge in [-0.2, -0.15) is 5.10 Å². The zero-order valence-electron chi connectivity index (χ0n) is 15.9. The Hall–Kier alpha value is -2.21. The van der Waals surface area contributed by atoms with E-state index in [2.05, 4.69) is 42.2 Å². The number of thiazole rings is 1. The highest BCUT2D eigenvalue weighted by molar-refractivity contribution is 7.18. The Kier molecular flexibility index (Phi) is 5.41. The van der Waals surface area contributed by atoms with Crippen LogP contribution in [0.5, 0.6) is 0 Å². The molecule has 6 heteroatoms. The van der Waals surface area contributed by atoms with E-state index < -0.39 is 0 Å². The summed E-state index contributed by atoms with van der Waals surface area (Å²) >= 11 is 1.74. The Morgan fingerprint density at radius 2 is 2.00 bits per heavy atom. The predicted octanol–water partition coefficient (Wildman–Crippen LogP) is 4.91. The fraction of sp³-hybridized carbons (Fsp3) is 0.450. The van der Waals surface area contributed by atoms with Gasteiger partial charge >= 0.3 is 0 Å². The standard InChI is InChI=1S/C20H26N4OS/c1-14-13-17(24(23-14)20(2,3)4)22-18(25)11-7-8-12-19-21-15-9-5-6-10-16(15)26-19/h5-6,9-10,13H,7-8,11-12H2,1-4H3,(H,22,25). The molecule has 0 unspecified atom stereocenters. The van der Waals surface area contributed by atoms with Crippen LogP contribution in [0.4, 0.5) is 5.82 Å². The highest BCUT2D eigenvalue weighted by Gasteiger charge is 2.19. The molecule has 0 bridgehead atoms. The first-order valence-corrected chi connectivity index (χ1v) is 9.86. The second kappa shape index (κ2) is 7.58. The number of carbonyl (C=O) groups excluding carboxylic acids is 1. The number of hydrogen-bond acceptors (Lipinski definition) is 4. The molecule has 2 aromatic heterocycles. The van der Waals surface area contributed by atoms with Crippen molar-refractivity contribution in [3.05, 3.63) is 41.0 Å². The molecule has 138 valence electrons. The maximum atomic E-state index is 12.3. The first-order chi connectivity index (χ1) is 12.3. The predicted molar refractivity (Wildman–Crippen MR) is 108 cm³/mol. The Balaban J connectivity index is 1.49. The molecule has 1 amide bonds. The van der Waals surface area contributed by atoms with Crippen LogP contribution in [0.25, 0.3) is 10.2 Å². The van der Waals surface area contributed by atoms with Crippen molar-refractivity contribution in [3.8, 4) is 0 Å². The summed E-state index contributed by atoms with van der Waals surface area (Å²) in [5.41, 5.74) is 1.81. The Morgan fingerprint density at radius 3 is 2.73 bits per heavy atom. The maximum absolute atomic E-state index is 12.3. The van der Waals surface area contributed by atoms with E-state index in [0.29, 0.717) is 6.42 Å². The van der Waals surface area contributed by atoms with Crippen molar-refractivity contribution >= 4 is 33.3 Å². The van der Waals surface area contributed by atoms with Crippen molar-refractivity contribution in [1.29, 1.82) is 0 Å². The number of aromatic nitrogens is 3. The molecule has 5 nitrogen and oxygen atoms in total. The number of aryl methyl sites for hydroxylation is 2. The number of benzene rings is 1. The minimum atomic E-state index is -0.163. The lowest BCUT2D eigenvalue weighted by molar-refractivity contribution is -0.116. The summed E-state index contributed by atoms with van der Waals surface area (Å²) in [6, 6.07) is 10.1. The summed E-state index contributed by atoms with van der Waals surface area (Å²) in [6.45, 7) is 8.17. The van der Waals surface area contributed by atoms with Gasteiger partial charge in [-0.25, -0.2) is 9.67 Å². The van der Waals surface area contributed by atoms with Crippen LogP contribution in [0.1, 0.15) is 50.7 Å². The first-order valence-electron chi connectivity index (χ1n) is 9.04. The molecule has 0 atom stereocenters. The van der Waals surface area contributed by atoms with Gasteiger partial charge in [0.05, 0.1) is 26.5 Å². The molecule has 0 fully saturated rings. The molecule has 0 aliphatic heterocycles. The van der Waals surface area contributed by atoms with Crippen molar-refractivity contribution in [2.45, 2.75) is 58.9 Å². The molecule has 26 heavy (non-hydrogen) atoms. The summed E-state index contributed by atoms with van der Waals surface area (Å²) < 4.78 is 3.10. The van der Waals surface area contributed by atoms with Crippen LogP contribution in [0.15, 0.2) is 30.3 Å². The lowest BCUT2D eigenvalue weighted by Crippen LogP contribution is -2.26. The van der Waals surface area contributed by atoms with Crippen LogP contribution in [0.2, 0.25) is 0 Å². The van der Waals surface area contributed by atoms with Gasteiger partial charge in [-0.05, 0) is 59.1 Å². The average molecular weight is 371 g/mol. The minimum Gasteiger partial charge on any atom is -0.311 e. The highest BCUT2D eigenvalue weighted by Crippen LogP contribution is 2.23. The van der Waals surface area contributed by atoms with E-state index in [1.165, 1.54) is 4.70 Å². The largest absolute Gasteiger partial charge is 0.311 e. The number of fused-ring (bicyclic) bond motifs is 1. The van der Waals surface area contributed by atoms with Gasteiger partial charge in [-0.3, -0.25) is 4.79 Å². The second-order valence-electron chi connectivity index (χ2n) is 7.58. The van der Waals surface area contributed by atoms with Gasteiger partial charge in [0.15, 0.2) is 0 Å². The third-order valence-electron chi connectivity index (χ3n) is 4.12. The Bertz CT molecular complexity index is 871. The molecule has 1 N–H and O–H groups in total. The molecule has 0 radical (unpaired) electrons. The van der Waals surface area contributed by atoms with Crippen molar-refractivity contribution in [2.75, 3.05) is 5.32 Å².